The monoisotopic (exact) mass is 185 g/mol. The van der Waals surface area contributed by atoms with Crippen molar-refractivity contribution in [3.05, 3.63) is 12.2 Å². The van der Waals surface area contributed by atoms with Crippen LogP contribution in [0.2, 0.25) is 0 Å². The summed E-state index contributed by atoms with van der Waals surface area (Å²) in [5, 5.41) is 11.8. The standard InChI is InChI=1S/C10H19NO2/c1-5-8(4)6-11-9(7(2)3)10(12)13/h7,9,11H,4-6H2,1-3H3,(H,12,13). The Kier molecular flexibility index (Phi) is 5.39. The smallest absolute Gasteiger partial charge is 0.320 e. The van der Waals surface area contributed by atoms with Crippen LogP contribution in [0.25, 0.3) is 0 Å². The zero-order chi connectivity index (χ0) is 10.4. The Morgan fingerprint density at radius 1 is 1.54 bits per heavy atom. The molecule has 0 fully saturated rings. The molecule has 3 nitrogen and oxygen atoms in total. The van der Waals surface area contributed by atoms with Gasteiger partial charge in [0.25, 0.3) is 0 Å². The van der Waals surface area contributed by atoms with Gasteiger partial charge in [-0.3, -0.25) is 4.79 Å². The van der Waals surface area contributed by atoms with Crippen molar-refractivity contribution in [3.8, 4) is 0 Å². The summed E-state index contributed by atoms with van der Waals surface area (Å²) < 4.78 is 0. The van der Waals surface area contributed by atoms with E-state index < -0.39 is 12.0 Å². The van der Waals surface area contributed by atoms with E-state index in [0.29, 0.717) is 6.54 Å². The van der Waals surface area contributed by atoms with E-state index in [2.05, 4.69) is 11.9 Å². The molecule has 1 unspecified atom stereocenters. The Morgan fingerprint density at radius 2 is 2.08 bits per heavy atom. The molecule has 2 N–H and O–H groups in total. The highest BCUT2D eigenvalue weighted by Crippen LogP contribution is 2.03. The maximum atomic E-state index is 10.7. The van der Waals surface area contributed by atoms with E-state index in [-0.39, 0.29) is 5.92 Å². The highest BCUT2D eigenvalue weighted by molar-refractivity contribution is 5.73. The van der Waals surface area contributed by atoms with Gasteiger partial charge in [-0.2, -0.15) is 0 Å². The molecule has 0 spiro atoms. The van der Waals surface area contributed by atoms with Gasteiger partial charge in [0.05, 0.1) is 0 Å². The van der Waals surface area contributed by atoms with Crippen molar-refractivity contribution in [1.82, 2.24) is 5.32 Å². The lowest BCUT2D eigenvalue weighted by Gasteiger charge is -2.18. The minimum atomic E-state index is -0.793. The van der Waals surface area contributed by atoms with E-state index in [4.69, 9.17) is 5.11 Å². The molecule has 0 saturated heterocycles. The van der Waals surface area contributed by atoms with Gasteiger partial charge in [-0.15, -0.1) is 0 Å². The Bertz CT molecular complexity index is 187. The van der Waals surface area contributed by atoms with Gasteiger partial charge in [0.2, 0.25) is 0 Å². The average Bonchev–Trinajstić information content (AvgIpc) is 2.03. The highest BCUT2D eigenvalue weighted by Gasteiger charge is 2.20. The summed E-state index contributed by atoms with van der Waals surface area (Å²) in [5.41, 5.74) is 1.03. The molecule has 0 aliphatic heterocycles. The van der Waals surface area contributed by atoms with Gasteiger partial charge in [0, 0.05) is 6.54 Å². The zero-order valence-electron chi connectivity index (χ0n) is 8.63. The second-order valence-corrected chi connectivity index (χ2v) is 3.54. The van der Waals surface area contributed by atoms with Crippen LogP contribution in [0.5, 0.6) is 0 Å². The van der Waals surface area contributed by atoms with Crippen molar-refractivity contribution in [2.45, 2.75) is 33.2 Å². The summed E-state index contributed by atoms with van der Waals surface area (Å²) in [6, 6.07) is -0.469. The molecule has 1 atom stereocenters. The van der Waals surface area contributed by atoms with E-state index in [1.807, 2.05) is 20.8 Å². The third kappa shape index (κ3) is 4.68. The minimum Gasteiger partial charge on any atom is -0.480 e. The molecule has 0 aromatic heterocycles. The number of nitrogens with one attached hydrogen (secondary N) is 1. The molecule has 0 aliphatic carbocycles. The molecule has 0 amide bonds. The number of carboxylic acid groups (broad SMARTS) is 1. The molecule has 0 aliphatic rings. The van der Waals surface area contributed by atoms with Gasteiger partial charge in [-0.25, -0.2) is 0 Å². The summed E-state index contributed by atoms with van der Waals surface area (Å²) >= 11 is 0. The third-order valence-electron chi connectivity index (χ3n) is 2.00. The largest absolute Gasteiger partial charge is 0.480 e. The maximum Gasteiger partial charge on any atom is 0.320 e. The Morgan fingerprint density at radius 3 is 2.38 bits per heavy atom. The van der Waals surface area contributed by atoms with Crippen LogP contribution in [0.1, 0.15) is 27.2 Å². The first-order valence-electron chi connectivity index (χ1n) is 4.61. The fraction of sp³-hybridized carbons (Fsp3) is 0.700. The first kappa shape index (κ1) is 12.2. The molecule has 0 rings (SSSR count). The van der Waals surface area contributed by atoms with Crippen LogP contribution in [0, 0.1) is 5.92 Å². The van der Waals surface area contributed by atoms with Crippen LogP contribution in [0.4, 0.5) is 0 Å². The van der Waals surface area contributed by atoms with Crippen molar-refractivity contribution >= 4 is 5.97 Å². The van der Waals surface area contributed by atoms with E-state index >= 15 is 0 Å². The number of carboxylic acids is 1. The van der Waals surface area contributed by atoms with Gasteiger partial charge in [0.15, 0.2) is 0 Å². The lowest BCUT2D eigenvalue weighted by Crippen LogP contribution is -2.41. The van der Waals surface area contributed by atoms with E-state index in [1.54, 1.807) is 0 Å². The van der Waals surface area contributed by atoms with Crippen LogP contribution < -0.4 is 5.32 Å². The second-order valence-electron chi connectivity index (χ2n) is 3.54. The van der Waals surface area contributed by atoms with E-state index in [1.165, 1.54) is 0 Å². The normalized spacial score (nSPS) is 12.9. The summed E-state index contributed by atoms with van der Waals surface area (Å²) in [6.45, 7) is 10.2. The maximum absolute atomic E-state index is 10.7. The number of carbonyl (C=O) groups is 1. The van der Waals surface area contributed by atoms with Crippen molar-refractivity contribution in [1.29, 1.82) is 0 Å². The highest BCUT2D eigenvalue weighted by atomic mass is 16.4. The molecular formula is C10H19NO2. The predicted molar refractivity (Wildman–Crippen MR) is 53.7 cm³/mol. The third-order valence-corrected chi connectivity index (χ3v) is 2.00. The molecule has 0 heterocycles. The molecule has 0 aromatic rings. The van der Waals surface area contributed by atoms with Gasteiger partial charge < -0.3 is 10.4 Å². The minimum absolute atomic E-state index is 0.0992. The summed E-state index contributed by atoms with van der Waals surface area (Å²) in [7, 11) is 0. The Labute approximate surface area is 79.8 Å². The SMILES string of the molecule is C=C(CC)CNC(C(=O)O)C(C)C. The Balaban J connectivity index is 3.97. The number of aliphatic carboxylic acids is 1. The van der Waals surface area contributed by atoms with Gasteiger partial charge in [0.1, 0.15) is 6.04 Å². The quantitative estimate of drug-likeness (QED) is 0.619. The molecule has 3 heteroatoms. The number of hydrogen-bond donors (Lipinski definition) is 2. The molecule has 0 bridgehead atoms. The van der Waals surface area contributed by atoms with Crippen molar-refractivity contribution in [3.63, 3.8) is 0 Å². The molecule has 0 saturated carbocycles. The van der Waals surface area contributed by atoms with Gasteiger partial charge >= 0.3 is 5.97 Å². The number of hydrogen-bond acceptors (Lipinski definition) is 2. The van der Waals surface area contributed by atoms with E-state index in [0.717, 1.165) is 12.0 Å². The first-order chi connectivity index (χ1) is 5.99. The molecule has 13 heavy (non-hydrogen) atoms. The fourth-order valence-corrected chi connectivity index (χ4v) is 0.987. The first-order valence-corrected chi connectivity index (χ1v) is 4.61. The van der Waals surface area contributed by atoms with Gasteiger partial charge in [-0.05, 0) is 12.3 Å². The van der Waals surface area contributed by atoms with Crippen molar-refractivity contribution < 1.29 is 9.90 Å². The lowest BCUT2D eigenvalue weighted by atomic mass is 10.0. The average molecular weight is 185 g/mol. The fourth-order valence-electron chi connectivity index (χ4n) is 0.987. The van der Waals surface area contributed by atoms with Crippen molar-refractivity contribution in [2.24, 2.45) is 5.92 Å². The molecule has 0 aromatic carbocycles. The summed E-state index contributed by atoms with van der Waals surface area (Å²) in [4.78, 5) is 10.7. The van der Waals surface area contributed by atoms with Crippen LogP contribution in [0.15, 0.2) is 12.2 Å². The lowest BCUT2D eigenvalue weighted by molar-refractivity contribution is -0.140. The summed E-state index contributed by atoms with van der Waals surface area (Å²) in [6.07, 6.45) is 0.886. The molecule has 76 valence electrons. The summed E-state index contributed by atoms with van der Waals surface area (Å²) in [5.74, 6) is -0.693. The topological polar surface area (TPSA) is 49.3 Å². The van der Waals surface area contributed by atoms with Crippen LogP contribution in [0.3, 0.4) is 0 Å². The van der Waals surface area contributed by atoms with Gasteiger partial charge in [-0.1, -0.05) is 32.9 Å². The van der Waals surface area contributed by atoms with Crippen LogP contribution in [-0.2, 0) is 4.79 Å². The zero-order valence-corrected chi connectivity index (χ0v) is 8.63. The van der Waals surface area contributed by atoms with Crippen molar-refractivity contribution in [2.75, 3.05) is 6.54 Å². The van der Waals surface area contributed by atoms with Crippen LogP contribution in [-0.4, -0.2) is 23.7 Å². The van der Waals surface area contributed by atoms with E-state index in [9.17, 15) is 4.79 Å². The molecule has 0 radical (unpaired) electrons. The van der Waals surface area contributed by atoms with Crippen LogP contribution >= 0.6 is 0 Å². The predicted octanol–water partition coefficient (Wildman–Crippen LogP) is 1.65. The molecular weight excluding hydrogens is 166 g/mol. The second kappa shape index (κ2) is 5.75. The Hall–Kier alpha value is -0.830. The number of rotatable bonds is 6.